The van der Waals surface area contributed by atoms with Crippen molar-refractivity contribution in [1.82, 2.24) is 4.72 Å². The highest BCUT2D eigenvalue weighted by Gasteiger charge is 2.32. The first-order chi connectivity index (χ1) is 8.55. The van der Waals surface area contributed by atoms with E-state index in [2.05, 4.69) is 0 Å². The summed E-state index contributed by atoms with van der Waals surface area (Å²) < 4.78 is 52.6. The number of rotatable bonds is 5. The number of aliphatic carboxylic acids is 1. The summed E-state index contributed by atoms with van der Waals surface area (Å²) in [4.78, 5) is 9.47. The molecule has 0 aliphatic rings. The summed E-state index contributed by atoms with van der Waals surface area (Å²) in [7, 11) is -4.49. The molecular formula is C11H13F2NO4S. The number of carboxylic acids is 1. The van der Waals surface area contributed by atoms with Gasteiger partial charge in [-0.15, -0.1) is 0 Å². The number of carbonyl (C=O) groups is 1. The Balaban J connectivity index is 3.16. The minimum atomic E-state index is -4.49. The number of sulfonamides is 1. The Hall–Kier alpha value is -1.54. The summed E-state index contributed by atoms with van der Waals surface area (Å²) in [6, 6.07) is 2.65. The second-order valence-electron chi connectivity index (χ2n) is 4.61. The zero-order chi connectivity index (χ0) is 14.8. The SMILES string of the molecule is CC(C)(CC(=O)O)NS(=O)(=O)c1c(F)cccc1F. The second kappa shape index (κ2) is 5.22. The first kappa shape index (κ1) is 15.5. The molecule has 0 heterocycles. The lowest BCUT2D eigenvalue weighted by Crippen LogP contribution is -2.45. The number of carboxylic acid groups (broad SMARTS) is 1. The molecule has 1 aromatic rings. The van der Waals surface area contributed by atoms with Gasteiger partial charge in [0.2, 0.25) is 10.0 Å². The van der Waals surface area contributed by atoms with Gasteiger partial charge in [-0.25, -0.2) is 21.9 Å². The Bertz CT molecular complexity index is 578. The van der Waals surface area contributed by atoms with Crippen molar-refractivity contribution in [3.8, 4) is 0 Å². The summed E-state index contributed by atoms with van der Waals surface area (Å²) in [6.07, 6.45) is -0.525. The average molecular weight is 293 g/mol. The Kier molecular flexibility index (Phi) is 4.26. The monoisotopic (exact) mass is 293 g/mol. The normalized spacial score (nSPS) is 12.4. The zero-order valence-electron chi connectivity index (χ0n) is 10.3. The molecule has 0 radical (unpaired) electrons. The van der Waals surface area contributed by atoms with Gasteiger partial charge in [0.05, 0.1) is 6.42 Å². The van der Waals surface area contributed by atoms with E-state index in [1.807, 2.05) is 4.72 Å². The van der Waals surface area contributed by atoms with Crippen molar-refractivity contribution in [2.45, 2.75) is 30.7 Å². The largest absolute Gasteiger partial charge is 0.481 e. The van der Waals surface area contributed by atoms with Gasteiger partial charge in [-0.1, -0.05) is 6.07 Å². The topological polar surface area (TPSA) is 83.5 Å². The molecule has 0 aromatic heterocycles. The third-order valence-electron chi connectivity index (χ3n) is 2.19. The number of hydrogen-bond acceptors (Lipinski definition) is 3. The zero-order valence-corrected chi connectivity index (χ0v) is 11.1. The summed E-state index contributed by atoms with van der Waals surface area (Å²) in [5.41, 5.74) is -1.38. The molecule has 0 fully saturated rings. The highest BCUT2D eigenvalue weighted by Crippen LogP contribution is 2.21. The predicted octanol–water partition coefficient (Wildman–Crippen LogP) is 1.50. The van der Waals surface area contributed by atoms with Gasteiger partial charge in [-0.3, -0.25) is 4.79 Å². The average Bonchev–Trinajstić information content (AvgIpc) is 2.11. The maximum Gasteiger partial charge on any atom is 0.305 e. The van der Waals surface area contributed by atoms with Crippen molar-refractivity contribution in [2.75, 3.05) is 0 Å². The van der Waals surface area contributed by atoms with E-state index < -0.39 is 44.5 Å². The molecule has 0 unspecified atom stereocenters. The van der Waals surface area contributed by atoms with E-state index in [4.69, 9.17) is 5.11 Å². The van der Waals surface area contributed by atoms with Gasteiger partial charge in [0.15, 0.2) is 4.90 Å². The molecule has 0 saturated carbocycles. The van der Waals surface area contributed by atoms with E-state index in [0.29, 0.717) is 0 Å². The Morgan fingerprint density at radius 2 is 1.79 bits per heavy atom. The molecule has 8 heteroatoms. The van der Waals surface area contributed by atoms with Crippen LogP contribution in [0.5, 0.6) is 0 Å². The molecule has 0 bridgehead atoms. The molecule has 0 atom stereocenters. The van der Waals surface area contributed by atoms with Gasteiger partial charge in [0, 0.05) is 5.54 Å². The van der Waals surface area contributed by atoms with Crippen LogP contribution in [0.15, 0.2) is 23.1 Å². The van der Waals surface area contributed by atoms with Gasteiger partial charge in [-0.05, 0) is 26.0 Å². The molecule has 0 amide bonds. The van der Waals surface area contributed by atoms with E-state index in [9.17, 15) is 22.0 Å². The van der Waals surface area contributed by atoms with Gasteiger partial charge in [0.25, 0.3) is 0 Å². The van der Waals surface area contributed by atoms with Gasteiger partial charge < -0.3 is 5.11 Å². The first-order valence-electron chi connectivity index (χ1n) is 5.25. The van der Waals surface area contributed by atoms with Crippen molar-refractivity contribution in [3.05, 3.63) is 29.8 Å². The number of benzene rings is 1. The molecule has 0 aliphatic heterocycles. The molecule has 0 aliphatic carbocycles. The van der Waals surface area contributed by atoms with Crippen LogP contribution in [0.2, 0.25) is 0 Å². The fraction of sp³-hybridized carbons (Fsp3) is 0.364. The van der Waals surface area contributed by atoms with Crippen LogP contribution in [0.3, 0.4) is 0 Å². The van der Waals surface area contributed by atoms with Crippen molar-refractivity contribution in [3.63, 3.8) is 0 Å². The van der Waals surface area contributed by atoms with Crippen LogP contribution >= 0.6 is 0 Å². The quantitative estimate of drug-likeness (QED) is 0.861. The highest BCUT2D eigenvalue weighted by atomic mass is 32.2. The van der Waals surface area contributed by atoms with E-state index >= 15 is 0 Å². The van der Waals surface area contributed by atoms with Crippen LogP contribution < -0.4 is 4.72 Å². The maximum absolute atomic E-state index is 13.4. The molecule has 106 valence electrons. The van der Waals surface area contributed by atoms with Gasteiger partial charge >= 0.3 is 5.97 Å². The second-order valence-corrected chi connectivity index (χ2v) is 6.23. The van der Waals surface area contributed by atoms with Crippen molar-refractivity contribution < 1.29 is 27.1 Å². The summed E-state index contributed by atoms with van der Waals surface area (Å²) >= 11 is 0. The van der Waals surface area contributed by atoms with Crippen LogP contribution in [-0.4, -0.2) is 25.0 Å². The van der Waals surface area contributed by atoms with Gasteiger partial charge in [-0.2, -0.15) is 0 Å². The van der Waals surface area contributed by atoms with E-state index in [1.54, 1.807) is 0 Å². The first-order valence-corrected chi connectivity index (χ1v) is 6.73. The van der Waals surface area contributed by atoms with Crippen LogP contribution in [-0.2, 0) is 14.8 Å². The fourth-order valence-electron chi connectivity index (χ4n) is 1.57. The number of nitrogens with one attached hydrogen (secondary N) is 1. The molecule has 0 saturated heterocycles. The molecule has 19 heavy (non-hydrogen) atoms. The smallest absolute Gasteiger partial charge is 0.305 e. The van der Waals surface area contributed by atoms with E-state index in [1.165, 1.54) is 13.8 Å². The molecule has 1 aromatic carbocycles. The lowest BCUT2D eigenvalue weighted by molar-refractivity contribution is -0.138. The van der Waals surface area contributed by atoms with Crippen molar-refractivity contribution in [1.29, 1.82) is 0 Å². The lowest BCUT2D eigenvalue weighted by atomic mass is 10.0. The van der Waals surface area contributed by atoms with Crippen LogP contribution in [0.25, 0.3) is 0 Å². The lowest BCUT2D eigenvalue weighted by Gasteiger charge is -2.24. The third kappa shape index (κ3) is 3.97. The molecular weight excluding hydrogens is 280 g/mol. The summed E-state index contributed by atoms with van der Waals surface area (Å²) in [5.74, 6) is -3.71. The molecule has 2 N–H and O–H groups in total. The minimum Gasteiger partial charge on any atom is -0.481 e. The molecule has 1 rings (SSSR count). The predicted molar refractivity (Wildman–Crippen MR) is 63.0 cm³/mol. The van der Waals surface area contributed by atoms with Crippen molar-refractivity contribution in [2.24, 2.45) is 0 Å². The standard InChI is InChI=1S/C11H13F2NO4S/c1-11(2,6-9(15)16)14-19(17,18)10-7(12)4-3-5-8(10)13/h3-5,14H,6H2,1-2H3,(H,15,16). The maximum atomic E-state index is 13.4. The Labute approximate surface area is 109 Å². The number of halogens is 2. The Morgan fingerprint density at radius 3 is 2.21 bits per heavy atom. The third-order valence-corrected chi connectivity index (χ3v) is 3.94. The molecule has 5 nitrogen and oxygen atoms in total. The summed E-state index contributed by atoms with van der Waals surface area (Å²) in [5, 5.41) is 8.64. The van der Waals surface area contributed by atoms with Gasteiger partial charge in [0.1, 0.15) is 11.6 Å². The molecule has 0 spiro atoms. The van der Waals surface area contributed by atoms with Crippen molar-refractivity contribution >= 4 is 16.0 Å². The van der Waals surface area contributed by atoms with E-state index in [0.717, 1.165) is 18.2 Å². The van der Waals surface area contributed by atoms with E-state index in [-0.39, 0.29) is 0 Å². The summed E-state index contributed by atoms with van der Waals surface area (Å²) in [6.45, 7) is 2.61. The Morgan fingerprint density at radius 1 is 1.32 bits per heavy atom. The highest BCUT2D eigenvalue weighted by molar-refractivity contribution is 7.89. The van der Waals surface area contributed by atoms with Crippen LogP contribution in [0.1, 0.15) is 20.3 Å². The van der Waals surface area contributed by atoms with Crippen LogP contribution in [0, 0.1) is 11.6 Å². The number of hydrogen-bond donors (Lipinski definition) is 2. The fourth-order valence-corrected chi connectivity index (χ4v) is 3.12. The minimum absolute atomic E-state index is 0.525. The van der Waals surface area contributed by atoms with Crippen LogP contribution in [0.4, 0.5) is 8.78 Å².